The van der Waals surface area contributed by atoms with E-state index in [1.807, 2.05) is 0 Å². The molecule has 0 atom stereocenters. The number of hydrogen-bond acceptors (Lipinski definition) is 3. The monoisotopic (exact) mass is 134 g/mol. The Hall–Kier alpha value is -0.513. The van der Waals surface area contributed by atoms with Gasteiger partial charge in [-0.05, 0) is 13.8 Å². The molecule has 0 amide bonds. The maximum atomic E-state index is 10.2. The second-order valence-corrected chi connectivity index (χ2v) is 2.03. The van der Waals surface area contributed by atoms with Crippen molar-refractivity contribution in [1.82, 2.24) is 0 Å². The number of ether oxygens (including phenoxy) is 1. The Balaban J connectivity index is 3.25. The first-order valence-electron chi connectivity index (χ1n) is 2.41. The van der Waals surface area contributed by atoms with Gasteiger partial charge in [-0.3, -0.25) is 0 Å². The van der Waals surface area contributed by atoms with Crippen LogP contribution in [0.25, 0.3) is 0 Å². The van der Waals surface area contributed by atoms with E-state index in [1.165, 1.54) is 0 Å². The maximum absolute atomic E-state index is 10.2. The predicted octanol–water partition coefficient (Wildman–Crippen LogP) is -0.172. The SMILES string of the molecule is CC(C)OC(=O)O[SiH3]. The predicted molar refractivity (Wildman–Crippen MR) is 32.6 cm³/mol. The van der Waals surface area contributed by atoms with Gasteiger partial charge in [-0.15, -0.1) is 0 Å². The van der Waals surface area contributed by atoms with Crippen LogP contribution >= 0.6 is 0 Å². The van der Waals surface area contributed by atoms with Crippen LogP contribution in [0.1, 0.15) is 13.8 Å². The molecule has 0 aromatic heterocycles. The summed E-state index contributed by atoms with van der Waals surface area (Å²) in [6.07, 6.45) is -0.636. The third-order valence-corrected chi connectivity index (χ3v) is 0.832. The minimum atomic E-state index is -0.563. The summed E-state index contributed by atoms with van der Waals surface area (Å²) in [5.74, 6) is 0. The quantitative estimate of drug-likeness (QED) is 0.369. The molecular weight excluding hydrogens is 124 g/mol. The highest BCUT2D eigenvalue weighted by molar-refractivity contribution is 6.04. The Labute approximate surface area is 51.5 Å². The van der Waals surface area contributed by atoms with Crippen LogP contribution in [0.5, 0.6) is 0 Å². The van der Waals surface area contributed by atoms with E-state index >= 15 is 0 Å². The molecule has 0 saturated heterocycles. The zero-order valence-electron chi connectivity index (χ0n) is 5.30. The van der Waals surface area contributed by atoms with Crippen molar-refractivity contribution in [2.24, 2.45) is 0 Å². The highest BCUT2D eigenvalue weighted by atomic mass is 28.2. The summed E-state index contributed by atoms with van der Waals surface area (Å²) in [5.41, 5.74) is 0. The van der Waals surface area contributed by atoms with Gasteiger partial charge >= 0.3 is 6.16 Å². The molecule has 0 unspecified atom stereocenters. The Bertz CT molecular complexity index is 81.4. The van der Waals surface area contributed by atoms with Crippen molar-refractivity contribution in [3.63, 3.8) is 0 Å². The molecule has 0 heterocycles. The average molecular weight is 134 g/mol. The minimum Gasteiger partial charge on any atom is -0.499 e. The van der Waals surface area contributed by atoms with E-state index in [2.05, 4.69) is 9.16 Å². The zero-order chi connectivity index (χ0) is 6.57. The summed E-state index contributed by atoms with van der Waals surface area (Å²) in [5, 5.41) is 0. The Morgan fingerprint density at radius 1 is 1.62 bits per heavy atom. The van der Waals surface area contributed by atoms with E-state index in [1.54, 1.807) is 13.8 Å². The molecule has 0 spiro atoms. The van der Waals surface area contributed by atoms with Crippen molar-refractivity contribution in [1.29, 1.82) is 0 Å². The molecule has 0 aliphatic rings. The Morgan fingerprint density at radius 2 is 2.12 bits per heavy atom. The number of carbonyl (C=O) groups excluding carboxylic acids is 1. The summed E-state index contributed by atoms with van der Waals surface area (Å²) >= 11 is 0. The molecule has 0 aromatic rings. The van der Waals surface area contributed by atoms with E-state index in [0.717, 1.165) is 0 Å². The highest BCUT2D eigenvalue weighted by Gasteiger charge is 2.00. The number of carbonyl (C=O) groups is 1. The molecule has 0 aromatic carbocycles. The first-order chi connectivity index (χ1) is 3.66. The van der Waals surface area contributed by atoms with Crippen molar-refractivity contribution in [2.45, 2.75) is 20.0 Å². The summed E-state index contributed by atoms with van der Waals surface area (Å²) in [6.45, 7) is 3.55. The summed E-state index contributed by atoms with van der Waals surface area (Å²) < 4.78 is 8.91. The van der Waals surface area contributed by atoms with Crippen LogP contribution in [0.15, 0.2) is 0 Å². The fraction of sp³-hybridized carbons (Fsp3) is 0.750. The number of hydrogen-bond donors (Lipinski definition) is 0. The second-order valence-electron chi connectivity index (χ2n) is 1.62. The van der Waals surface area contributed by atoms with Crippen molar-refractivity contribution < 1.29 is 14.0 Å². The maximum Gasteiger partial charge on any atom is 0.493 e. The summed E-state index contributed by atoms with van der Waals surface area (Å²) in [7, 11) is 0.404. The number of rotatable bonds is 1. The van der Waals surface area contributed by atoms with Gasteiger partial charge in [0.05, 0.1) is 6.10 Å². The van der Waals surface area contributed by atoms with Crippen LogP contribution in [-0.2, 0) is 9.16 Å². The fourth-order valence-corrected chi connectivity index (χ4v) is 0.337. The first kappa shape index (κ1) is 7.49. The molecule has 0 rings (SSSR count). The lowest BCUT2D eigenvalue weighted by molar-refractivity contribution is 0.0756. The van der Waals surface area contributed by atoms with Crippen LogP contribution in [0, 0.1) is 0 Å². The Kier molecular flexibility index (Phi) is 3.26. The molecule has 0 fully saturated rings. The largest absolute Gasteiger partial charge is 0.499 e. The molecule has 48 valence electrons. The molecule has 0 N–H and O–H groups in total. The van der Waals surface area contributed by atoms with Gasteiger partial charge in [0.2, 0.25) is 10.5 Å². The first-order valence-corrected chi connectivity index (χ1v) is 3.23. The summed E-state index contributed by atoms with van der Waals surface area (Å²) in [6, 6.07) is 0. The van der Waals surface area contributed by atoms with Crippen molar-refractivity contribution in [3.8, 4) is 0 Å². The lowest BCUT2D eigenvalue weighted by Crippen LogP contribution is -2.11. The normalized spacial score (nSPS) is 9.38. The van der Waals surface area contributed by atoms with Crippen LogP contribution in [0.4, 0.5) is 4.79 Å². The van der Waals surface area contributed by atoms with Gasteiger partial charge in [0.15, 0.2) is 0 Å². The molecule has 4 heteroatoms. The minimum absolute atomic E-state index is 0.0727. The fourth-order valence-electron chi connectivity index (χ4n) is 0.241. The molecule has 0 aliphatic heterocycles. The molecule has 0 radical (unpaired) electrons. The molecule has 3 nitrogen and oxygen atoms in total. The Morgan fingerprint density at radius 3 is 2.25 bits per heavy atom. The third-order valence-electron chi connectivity index (χ3n) is 0.499. The van der Waals surface area contributed by atoms with Gasteiger partial charge in [-0.2, -0.15) is 0 Å². The van der Waals surface area contributed by atoms with E-state index in [-0.39, 0.29) is 6.10 Å². The van der Waals surface area contributed by atoms with E-state index in [0.29, 0.717) is 10.5 Å². The molecule has 0 aliphatic carbocycles. The van der Waals surface area contributed by atoms with Gasteiger partial charge in [0, 0.05) is 0 Å². The van der Waals surface area contributed by atoms with Gasteiger partial charge in [-0.1, -0.05) is 0 Å². The van der Waals surface area contributed by atoms with Gasteiger partial charge in [-0.25, -0.2) is 4.79 Å². The van der Waals surface area contributed by atoms with Crippen molar-refractivity contribution in [2.75, 3.05) is 0 Å². The van der Waals surface area contributed by atoms with Gasteiger partial charge < -0.3 is 9.16 Å². The molecule has 8 heavy (non-hydrogen) atoms. The van der Waals surface area contributed by atoms with Crippen molar-refractivity contribution >= 4 is 16.6 Å². The lowest BCUT2D eigenvalue weighted by Gasteiger charge is -2.04. The standard InChI is InChI=1S/C4H10O3Si/c1-3(2)6-4(5)7-8/h3H,1-2,8H3. The smallest absolute Gasteiger partial charge is 0.493 e. The zero-order valence-corrected chi connectivity index (χ0v) is 7.30. The van der Waals surface area contributed by atoms with Crippen LogP contribution < -0.4 is 0 Å². The topological polar surface area (TPSA) is 35.5 Å². The second kappa shape index (κ2) is 3.48. The van der Waals surface area contributed by atoms with E-state index < -0.39 is 6.16 Å². The molecular formula is C4H10O3Si. The van der Waals surface area contributed by atoms with Crippen LogP contribution in [0.2, 0.25) is 0 Å². The van der Waals surface area contributed by atoms with Crippen LogP contribution in [-0.4, -0.2) is 22.7 Å². The molecule has 0 saturated carbocycles. The van der Waals surface area contributed by atoms with E-state index in [4.69, 9.17) is 0 Å². The van der Waals surface area contributed by atoms with Crippen molar-refractivity contribution in [3.05, 3.63) is 0 Å². The van der Waals surface area contributed by atoms with Crippen LogP contribution in [0.3, 0.4) is 0 Å². The summed E-state index contributed by atoms with van der Waals surface area (Å²) in [4.78, 5) is 10.2. The van der Waals surface area contributed by atoms with Gasteiger partial charge in [0.1, 0.15) is 0 Å². The third kappa shape index (κ3) is 3.67. The highest BCUT2D eigenvalue weighted by Crippen LogP contribution is 1.88. The van der Waals surface area contributed by atoms with Gasteiger partial charge in [0.25, 0.3) is 0 Å². The average Bonchev–Trinajstić information content (AvgIpc) is 1.65. The molecule has 0 bridgehead atoms. The lowest BCUT2D eigenvalue weighted by atomic mass is 10.5. The van der Waals surface area contributed by atoms with E-state index in [9.17, 15) is 4.79 Å².